The number of anilines is 3. The summed E-state index contributed by atoms with van der Waals surface area (Å²) >= 11 is 1.42. The topological polar surface area (TPSA) is 67.9 Å². The maximum absolute atomic E-state index is 13.3. The molecule has 0 saturated carbocycles. The Morgan fingerprint density at radius 3 is 2.00 bits per heavy atom. The number of hydrogen-bond donors (Lipinski definition) is 1. The van der Waals surface area contributed by atoms with Gasteiger partial charge < -0.3 is 14.8 Å². The number of benzene rings is 4. The zero-order valence-electron chi connectivity index (χ0n) is 20.0. The summed E-state index contributed by atoms with van der Waals surface area (Å²) in [5.74, 6) is 0.953. The first-order valence-electron chi connectivity index (χ1n) is 11.3. The summed E-state index contributed by atoms with van der Waals surface area (Å²) in [7, 11) is 3.07. The Bertz CT molecular complexity index is 1290. The lowest BCUT2D eigenvalue weighted by atomic mass is 10.2. The molecule has 0 aliphatic carbocycles. The van der Waals surface area contributed by atoms with Crippen LogP contribution in [-0.2, 0) is 4.79 Å². The van der Waals surface area contributed by atoms with Crippen molar-refractivity contribution in [2.75, 3.05) is 30.2 Å². The van der Waals surface area contributed by atoms with Crippen LogP contribution in [-0.4, -0.2) is 31.8 Å². The van der Waals surface area contributed by atoms with E-state index in [4.69, 9.17) is 9.47 Å². The highest BCUT2D eigenvalue weighted by Crippen LogP contribution is 2.30. The van der Waals surface area contributed by atoms with Crippen molar-refractivity contribution >= 4 is 40.6 Å². The van der Waals surface area contributed by atoms with Gasteiger partial charge in [0.15, 0.2) is 11.5 Å². The molecule has 0 saturated heterocycles. The van der Waals surface area contributed by atoms with Crippen molar-refractivity contribution in [3.63, 3.8) is 0 Å². The summed E-state index contributed by atoms with van der Waals surface area (Å²) in [5, 5.41) is 2.91. The van der Waals surface area contributed by atoms with Gasteiger partial charge in [-0.25, -0.2) is 0 Å². The number of nitrogens with one attached hydrogen (secondary N) is 1. The molecule has 0 radical (unpaired) electrons. The van der Waals surface area contributed by atoms with Crippen molar-refractivity contribution in [2.45, 2.75) is 4.90 Å². The number of thioether (sulfide) groups is 1. The fraction of sp³-hybridized carbons (Fsp3) is 0.103. The third-order valence-electron chi connectivity index (χ3n) is 5.38. The lowest BCUT2D eigenvalue weighted by molar-refractivity contribution is -0.115. The number of ether oxygens (including phenoxy) is 2. The van der Waals surface area contributed by atoms with Crippen LogP contribution in [0, 0.1) is 0 Å². The van der Waals surface area contributed by atoms with Crippen molar-refractivity contribution in [1.82, 2.24) is 0 Å². The fourth-order valence-corrected chi connectivity index (χ4v) is 4.45. The van der Waals surface area contributed by atoms with Gasteiger partial charge in [-0.15, -0.1) is 11.8 Å². The molecule has 4 aromatic carbocycles. The van der Waals surface area contributed by atoms with Gasteiger partial charge in [0.05, 0.1) is 20.0 Å². The molecule has 0 heterocycles. The number of methoxy groups -OCH3 is 2. The van der Waals surface area contributed by atoms with E-state index in [1.807, 2.05) is 84.9 Å². The smallest absolute Gasteiger partial charge is 0.255 e. The first-order chi connectivity index (χ1) is 17.6. The fourth-order valence-electron chi connectivity index (χ4n) is 3.65. The normalized spacial score (nSPS) is 10.4. The monoisotopic (exact) mass is 498 g/mol. The van der Waals surface area contributed by atoms with E-state index in [1.165, 1.54) is 18.9 Å². The maximum Gasteiger partial charge on any atom is 0.255 e. The Morgan fingerprint density at radius 2 is 1.39 bits per heavy atom. The number of carbonyl (C=O) groups is 2. The Kier molecular flexibility index (Phi) is 8.26. The molecule has 0 bridgehead atoms. The summed E-state index contributed by atoms with van der Waals surface area (Å²) in [5.41, 5.74) is 2.70. The molecule has 4 rings (SSSR count). The SMILES string of the molecule is COc1ccc(C(=O)Nc2cccc(SCC(=O)N(c3ccccc3)c3ccccc3)c2)cc1OC. The van der Waals surface area contributed by atoms with Crippen LogP contribution in [0.15, 0.2) is 108 Å². The zero-order chi connectivity index (χ0) is 25.3. The summed E-state index contributed by atoms with van der Waals surface area (Å²) < 4.78 is 10.5. The Morgan fingerprint density at radius 1 is 0.750 bits per heavy atom. The number of carbonyl (C=O) groups excluding carboxylic acids is 2. The predicted octanol–water partition coefficient (Wildman–Crippen LogP) is 6.41. The first kappa shape index (κ1) is 24.9. The maximum atomic E-state index is 13.3. The molecule has 7 heteroatoms. The van der Waals surface area contributed by atoms with Crippen molar-refractivity contribution in [1.29, 1.82) is 0 Å². The summed E-state index contributed by atoms with van der Waals surface area (Å²) in [6.45, 7) is 0. The van der Waals surface area contributed by atoms with Crippen molar-refractivity contribution < 1.29 is 19.1 Å². The van der Waals surface area contributed by atoms with Crippen molar-refractivity contribution in [3.8, 4) is 11.5 Å². The van der Waals surface area contributed by atoms with E-state index in [9.17, 15) is 9.59 Å². The largest absolute Gasteiger partial charge is 0.493 e. The highest BCUT2D eigenvalue weighted by Gasteiger charge is 2.18. The number of nitrogens with zero attached hydrogens (tertiary/aromatic N) is 1. The molecule has 2 amide bonds. The van der Waals surface area contributed by atoms with Crippen LogP contribution >= 0.6 is 11.8 Å². The van der Waals surface area contributed by atoms with E-state index in [0.717, 1.165) is 16.3 Å². The first-order valence-corrected chi connectivity index (χ1v) is 12.3. The molecule has 4 aromatic rings. The number of rotatable bonds is 9. The minimum atomic E-state index is -0.270. The number of amides is 2. The van der Waals surface area contributed by atoms with Gasteiger partial charge in [-0.1, -0.05) is 42.5 Å². The minimum Gasteiger partial charge on any atom is -0.493 e. The van der Waals surface area contributed by atoms with Gasteiger partial charge in [-0.3, -0.25) is 14.5 Å². The van der Waals surface area contributed by atoms with Gasteiger partial charge in [-0.05, 0) is 60.7 Å². The van der Waals surface area contributed by atoms with E-state index in [2.05, 4.69) is 5.32 Å². The van der Waals surface area contributed by atoms with Gasteiger partial charge in [0.25, 0.3) is 5.91 Å². The molecule has 0 spiro atoms. The van der Waals surface area contributed by atoms with Gasteiger partial charge in [0, 0.05) is 27.5 Å². The number of hydrogen-bond acceptors (Lipinski definition) is 5. The average Bonchev–Trinajstić information content (AvgIpc) is 2.93. The Hall–Kier alpha value is -4.23. The molecule has 0 aromatic heterocycles. The molecule has 0 atom stereocenters. The number of para-hydroxylation sites is 2. The third-order valence-corrected chi connectivity index (χ3v) is 6.36. The second-order valence-corrected chi connectivity index (χ2v) is 8.79. The van der Waals surface area contributed by atoms with Crippen LogP contribution in [0.3, 0.4) is 0 Å². The van der Waals surface area contributed by atoms with Crippen LogP contribution in [0.4, 0.5) is 17.1 Å². The van der Waals surface area contributed by atoms with Crippen LogP contribution in [0.2, 0.25) is 0 Å². The predicted molar refractivity (Wildman–Crippen MR) is 145 cm³/mol. The van der Waals surface area contributed by atoms with Gasteiger partial charge in [0.2, 0.25) is 5.91 Å². The summed E-state index contributed by atoms with van der Waals surface area (Å²) in [6.07, 6.45) is 0. The molecular weight excluding hydrogens is 472 g/mol. The third kappa shape index (κ3) is 6.06. The van der Waals surface area contributed by atoms with Crippen molar-refractivity contribution in [2.24, 2.45) is 0 Å². The van der Waals surface area contributed by atoms with Gasteiger partial charge in [0.1, 0.15) is 0 Å². The van der Waals surface area contributed by atoms with Crippen LogP contribution < -0.4 is 19.7 Å². The summed E-state index contributed by atoms with van der Waals surface area (Å²) in [4.78, 5) is 28.7. The van der Waals surface area contributed by atoms with E-state index >= 15 is 0 Å². The van der Waals surface area contributed by atoms with E-state index in [1.54, 1.807) is 30.2 Å². The average molecular weight is 499 g/mol. The summed E-state index contributed by atoms with van der Waals surface area (Å²) in [6, 6.07) is 31.6. The Labute approximate surface area is 214 Å². The minimum absolute atomic E-state index is 0.0443. The molecular formula is C29H26N2O4S. The van der Waals surface area contributed by atoms with E-state index in [-0.39, 0.29) is 17.6 Å². The van der Waals surface area contributed by atoms with Crippen LogP contribution in [0.25, 0.3) is 0 Å². The van der Waals surface area contributed by atoms with Crippen LogP contribution in [0.5, 0.6) is 11.5 Å². The Balaban J connectivity index is 1.45. The van der Waals surface area contributed by atoms with E-state index in [0.29, 0.717) is 22.7 Å². The molecule has 1 N–H and O–H groups in total. The molecule has 6 nitrogen and oxygen atoms in total. The zero-order valence-corrected chi connectivity index (χ0v) is 20.8. The highest BCUT2D eigenvalue weighted by atomic mass is 32.2. The van der Waals surface area contributed by atoms with Gasteiger partial charge in [-0.2, -0.15) is 0 Å². The van der Waals surface area contributed by atoms with Gasteiger partial charge >= 0.3 is 0 Å². The van der Waals surface area contributed by atoms with E-state index < -0.39 is 0 Å². The lowest BCUT2D eigenvalue weighted by Gasteiger charge is -2.23. The molecule has 0 unspecified atom stereocenters. The molecule has 0 aliphatic heterocycles. The van der Waals surface area contributed by atoms with Crippen LogP contribution in [0.1, 0.15) is 10.4 Å². The quantitative estimate of drug-likeness (QED) is 0.270. The molecule has 36 heavy (non-hydrogen) atoms. The van der Waals surface area contributed by atoms with Crippen molar-refractivity contribution in [3.05, 3.63) is 109 Å². The standard InChI is InChI=1S/C29H26N2O4S/c1-34-26-17-16-21(18-27(26)35-2)29(33)30-22-10-9-15-25(19-22)36-20-28(32)31(23-11-5-3-6-12-23)24-13-7-4-8-14-24/h3-19H,20H2,1-2H3,(H,30,33). The molecule has 0 aliphatic rings. The second-order valence-electron chi connectivity index (χ2n) is 7.74. The molecule has 0 fully saturated rings. The highest BCUT2D eigenvalue weighted by molar-refractivity contribution is 8.00. The lowest BCUT2D eigenvalue weighted by Crippen LogP contribution is -2.27. The second kappa shape index (κ2) is 12.0. The molecule has 182 valence electrons.